The predicted octanol–water partition coefficient (Wildman–Crippen LogP) is 0.710. The van der Waals surface area contributed by atoms with E-state index in [1.807, 2.05) is 6.08 Å². The van der Waals surface area contributed by atoms with E-state index >= 15 is 0 Å². The Labute approximate surface area is 145 Å². The van der Waals surface area contributed by atoms with Gasteiger partial charge >= 0.3 is 17.9 Å². The van der Waals surface area contributed by atoms with Crippen LogP contribution in [0.3, 0.4) is 0 Å². The number of esters is 2. The molecule has 0 aromatic carbocycles. The molecule has 1 N–H and O–H groups in total. The summed E-state index contributed by atoms with van der Waals surface area (Å²) in [5, 5.41) is 7.60. The first kappa shape index (κ1) is 19.1. The van der Waals surface area contributed by atoms with Crippen molar-refractivity contribution in [3.05, 3.63) is 24.8 Å². The van der Waals surface area contributed by atoms with Crippen LogP contribution in [0.25, 0.3) is 0 Å². The van der Waals surface area contributed by atoms with Gasteiger partial charge in [-0.2, -0.15) is 0 Å². The maximum atomic E-state index is 12.1. The molecule has 0 saturated carbocycles. The number of hydrogen-bond acceptors (Lipinski definition) is 7. The fourth-order valence-corrected chi connectivity index (χ4v) is 2.22. The average molecular weight is 354 g/mol. The normalized spacial score (nSPS) is 28.8. The third-order valence-corrected chi connectivity index (χ3v) is 3.80. The Morgan fingerprint density at radius 1 is 1.12 bits per heavy atom. The summed E-state index contributed by atoms with van der Waals surface area (Å²) in [5.74, 6) is -2.69. The molecule has 0 radical (unpaired) electrons. The molecule has 3 rings (SSSR count). The molecule has 2 fully saturated rings. The molecule has 0 aromatic rings. The van der Waals surface area contributed by atoms with Crippen molar-refractivity contribution in [1.82, 2.24) is 0 Å². The van der Waals surface area contributed by atoms with E-state index in [2.05, 4.69) is 6.58 Å². The van der Waals surface area contributed by atoms with Gasteiger partial charge in [0.2, 0.25) is 0 Å². The van der Waals surface area contributed by atoms with Gasteiger partial charge in [0.15, 0.2) is 0 Å². The Morgan fingerprint density at radius 3 is 2.12 bits per heavy atom. The van der Waals surface area contributed by atoms with Crippen LogP contribution in [0.15, 0.2) is 24.8 Å². The van der Waals surface area contributed by atoms with E-state index in [4.69, 9.17) is 24.1 Å². The van der Waals surface area contributed by atoms with Crippen molar-refractivity contribution >= 4 is 17.9 Å². The minimum atomic E-state index is -0.981. The lowest BCUT2D eigenvalue weighted by Gasteiger charge is -2.24. The minimum absolute atomic E-state index is 0.0314. The molecule has 0 aromatic heterocycles. The largest absolute Gasteiger partial charge is 0.478 e. The molecule has 25 heavy (non-hydrogen) atoms. The van der Waals surface area contributed by atoms with E-state index in [9.17, 15) is 14.4 Å². The van der Waals surface area contributed by atoms with Crippen LogP contribution in [0.5, 0.6) is 0 Å². The van der Waals surface area contributed by atoms with Gasteiger partial charge in [0, 0.05) is 6.08 Å². The summed E-state index contributed by atoms with van der Waals surface area (Å²) in [6.07, 6.45) is 5.95. The highest BCUT2D eigenvalue weighted by atomic mass is 16.6. The Bertz CT molecular complexity index is 533. The molecule has 0 bridgehead atoms. The number of carboxylic acids is 1. The van der Waals surface area contributed by atoms with E-state index in [0.717, 1.165) is 12.5 Å². The Balaban J connectivity index is 0.000000399. The quantitative estimate of drug-likeness (QED) is 0.308. The van der Waals surface area contributed by atoms with E-state index in [1.54, 1.807) is 6.08 Å². The van der Waals surface area contributed by atoms with Crippen LogP contribution in [-0.4, -0.2) is 61.6 Å². The third-order valence-electron chi connectivity index (χ3n) is 3.80. The van der Waals surface area contributed by atoms with Gasteiger partial charge in [0.05, 0.1) is 25.0 Å². The van der Waals surface area contributed by atoms with Gasteiger partial charge in [-0.15, -0.1) is 0 Å². The number of rotatable bonds is 7. The summed E-state index contributed by atoms with van der Waals surface area (Å²) in [6, 6.07) is 0. The van der Waals surface area contributed by atoms with Crippen molar-refractivity contribution in [2.24, 2.45) is 11.8 Å². The van der Waals surface area contributed by atoms with Crippen molar-refractivity contribution in [3.63, 3.8) is 0 Å². The molecular formula is C17H22O8. The number of hydrogen-bond donors (Lipinski definition) is 1. The number of epoxide rings is 2. The van der Waals surface area contributed by atoms with Crippen LogP contribution in [0.1, 0.15) is 12.8 Å². The summed E-state index contributed by atoms with van der Waals surface area (Å²) in [6.45, 7) is 4.78. The number of allylic oxidation sites excluding steroid dienone is 1. The number of aliphatic carboxylic acids is 1. The van der Waals surface area contributed by atoms with Crippen molar-refractivity contribution in [2.75, 3.05) is 26.4 Å². The molecule has 8 heteroatoms. The zero-order valence-electron chi connectivity index (χ0n) is 13.8. The van der Waals surface area contributed by atoms with Crippen LogP contribution < -0.4 is 0 Å². The lowest BCUT2D eigenvalue weighted by Crippen LogP contribution is -2.34. The van der Waals surface area contributed by atoms with E-state index in [-0.39, 0.29) is 37.4 Å². The molecule has 138 valence electrons. The summed E-state index contributed by atoms with van der Waals surface area (Å²) < 4.78 is 20.4. The van der Waals surface area contributed by atoms with Gasteiger partial charge in [-0.3, -0.25) is 9.59 Å². The van der Waals surface area contributed by atoms with Gasteiger partial charge in [0.25, 0.3) is 0 Å². The van der Waals surface area contributed by atoms with E-state index < -0.39 is 17.8 Å². The van der Waals surface area contributed by atoms with Gasteiger partial charge in [-0.05, 0) is 12.8 Å². The maximum Gasteiger partial charge on any atom is 0.327 e. The second-order valence-corrected chi connectivity index (χ2v) is 5.85. The first-order valence-corrected chi connectivity index (χ1v) is 8.09. The highest BCUT2D eigenvalue weighted by Gasteiger charge is 2.37. The van der Waals surface area contributed by atoms with Crippen molar-refractivity contribution < 1.29 is 38.4 Å². The molecule has 4 atom stereocenters. The van der Waals surface area contributed by atoms with Crippen molar-refractivity contribution in [1.29, 1.82) is 0 Å². The molecule has 0 spiro atoms. The van der Waals surface area contributed by atoms with Crippen LogP contribution in [0.4, 0.5) is 0 Å². The first-order chi connectivity index (χ1) is 12.0. The van der Waals surface area contributed by atoms with Crippen LogP contribution in [0, 0.1) is 11.8 Å². The van der Waals surface area contributed by atoms with E-state index in [1.165, 1.54) is 0 Å². The Kier molecular flexibility index (Phi) is 7.15. The molecule has 4 unspecified atom stereocenters. The fraction of sp³-hybridized carbons (Fsp3) is 0.588. The topological polar surface area (TPSA) is 115 Å². The lowest BCUT2D eigenvalue weighted by atomic mass is 9.84. The zero-order valence-corrected chi connectivity index (χ0v) is 13.8. The smallest absolute Gasteiger partial charge is 0.327 e. The summed E-state index contributed by atoms with van der Waals surface area (Å²) in [4.78, 5) is 33.3. The van der Waals surface area contributed by atoms with Crippen LogP contribution in [0.2, 0.25) is 0 Å². The van der Waals surface area contributed by atoms with Crippen LogP contribution in [-0.2, 0) is 33.3 Å². The number of ether oxygens (including phenoxy) is 4. The number of carbonyl (C=O) groups excluding carboxylic acids is 2. The monoisotopic (exact) mass is 354 g/mol. The number of carboxylic acid groups (broad SMARTS) is 1. The average Bonchev–Trinajstić information content (AvgIpc) is 3.52. The van der Waals surface area contributed by atoms with Crippen molar-refractivity contribution in [3.8, 4) is 0 Å². The second kappa shape index (κ2) is 9.33. The van der Waals surface area contributed by atoms with Gasteiger partial charge in [-0.25, -0.2) is 4.79 Å². The molecular weight excluding hydrogens is 332 g/mol. The molecule has 1 aliphatic carbocycles. The summed E-state index contributed by atoms with van der Waals surface area (Å²) in [7, 11) is 0. The summed E-state index contributed by atoms with van der Waals surface area (Å²) >= 11 is 0. The molecule has 2 saturated heterocycles. The fourth-order valence-electron chi connectivity index (χ4n) is 2.22. The highest BCUT2D eigenvalue weighted by molar-refractivity contribution is 5.84. The first-order valence-electron chi connectivity index (χ1n) is 8.09. The molecule has 2 heterocycles. The SMILES string of the molecule is C=CC(=O)O.O=C(OCC1CO1)C1C=CCCC1C(=O)OCC1CO1. The lowest BCUT2D eigenvalue weighted by molar-refractivity contribution is -0.160. The zero-order chi connectivity index (χ0) is 18.2. The van der Waals surface area contributed by atoms with Crippen molar-refractivity contribution in [2.45, 2.75) is 25.0 Å². The summed E-state index contributed by atoms with van der Waals surface area (Å²) in [5.41, 5.74) is 0. The predicted molar refractivity (Wildman–Crippen MR) is 84.6 cm³/mol. The van der Waals surface area contributed by atoms with Crippen LogP contribution >= 0.6 is 0 Å². The molecule has 8 nitrogen and oxygen atoms in total. The molecule has 3 aliphatic rings. The molecule has 2 aliphatic heterocycles. The van der Waals surface area contributed by atoms with Gasteiger partial charge in [0.1, 0.15) is 25.4 Å². The highest BCUT2D eigenvalue weighted by Crippen LogP contribution is 2.28. The third kappa shape index (κ3) is 7.06. The molecule has 0 amide bonds. The standard InChI is InChI=1S/C14H18O6.C3H4O2/c15-13(19-7-9-5-17-9)11-3-1-2-4-12(11)14(16)20-8-10-6-18-10;1-2-3(4)5/h1,3,9-12H,2,4-8H2;2H,1H2,(H,4,5). The van der Waals surface area contributed by atoms with Gasteiger partial charge < -0.3 is 24.1 Å². The second-order valence-electron chi connectivity index (χ2n) is 5.85. The Morgan fingerprint density at radius 2 is 1.64 bits per heavy atom. The number of carbonyl (C=O) groups is 3. The maximum absolute atomic E-state index is 12.1. The van der Waals surface area contributed by atoms with Gasteiger partial charge in [-0.1, -0.05) is 18.7 Å². The Hall–Kier alpha value is -2.19. The van der Waals surface area contributed by atoms with E-state index in [0.29, 0.717) is 19.6 Å². The minimum Gasteiger partial charge on any atom is -0.478 e.